The van der Waals surface area contributed by atoms with Crippen molar-refractivity contribution in [2.75, 3.05) is 51.3 Å². The van der Waals surface area contributed by atoms with Crippen molar-refractivity contribution in [1.82, 2.24) is 25.1 Å². The lowest BCUT2D eigenvalue weighted by Gasteiger charge is -2.42. The molecule has 0 saturated carbocycles. The molecule has 1 aromatic rings. The number of ether oxygens (including phenoxy) is 2. The third-order valence-electron chi connectivity index (χ3n) is 6.71. The number of rotatable bonds is 5. The number of nitrogens with one attached hydrogen (secondary N) is 1. The van der Waals surface area contributed by atoms with Gasteiger partial charge >= 0.3 is 12.1 Å². The summed E-state index contributed by atoms with van der Waals surface area (Å²) in [5.41, 5.74) is 1.52. The number of aromatic nitrogens is 2. The highest BCUT2D eigenvalue weighted by Gasteiger charge is 2.35. The highest BCUT2D eigenvalue weighted by molar-refractivity contribution is 5.69. The molecule has 1 aromatic heterocycles. The monoisotopic (exact) mass is 471 g/mol. The zero-order valence-corrected chi connectivity index (χ0v) is 20.8. The minimum Gasteiger partial charge on any atom is -0.462 e. The number of piperazine rings is 1. The summed E-state index contributed by atoms with van der Waals surface area (Å²) in [6, 6.07) is 2.77. The zero-order valence-electron chi connectivity index (χ0n) is 20.8. The molecule has 1 N–H and O–H groups in total. The van der Waals surface area contributed by atoms with Gasteiger partial charge in [-0.1, -0.05) is 0 Å². The van der Waals surface area contributed by atoms with Gasteiger partial charge < -0.3 is 29.5 Å². The van der Waals surface area contributed by atoms with Gasteiger partial charge in [0.05, 0.1) is 24.2 Å². The predicted molar refractivity (Wildman–Crippen MR) is 128 cm³/mol. The van der Waals surface area contributed by atoms with Crippen molar-refractivity contribution >= 4 is 11.9 Å². The standard InChI is InChI=1S/C24H37N7O3/c1-24(2,3)34-23(32)31-13-12-30(15-17(31)7-9-25)21-19-8-10-26-14-20(19)27-22(28-21)33-16-18-6-5-11-29(18)4/h17-18,26H,5-8,10-16H2,1-4H3/t17?,18-/m0/s1. The molecular weight excluding hydrogens is 434 g/mol. The smallest absolute Gasteiger partial charge is 0.410 e. The third kappa shape index (κ3) is 5.70. The second kappa shape index (κ2) is 10.3. The van der Waals surface area contributed by atoms with Crippen LogP contribution in [-0.4, -0.2) is 89.9 Å². The number of likely N-dealkylation sites (tertiary alicyclic amines) is 1. The first kappa shape index (κ1) is 24.5. The lowest BCUT2D eigenvalue weighted by Crippen LogP contribution is -2.56. The first-order valence-electron chi connectivity index (χ1n) is 12.3. The number of likely N-dealkylation sites (N-methyl/N-ethyl adjacent to an activating group) is 1. The molecule has 4 rings (SSSR count). The maximum Gasteiger partial charge on any atom is 0.410 e. The Labute approximate surface area is 202 Å². The highest BCUT2D eigenvalue weighted by atomic mass is 16.6. The van der Waals surface area contributed by atoms with Gasteiger partial charge in [0.1, 0.15) is 18.0 Å². The maximum absolute atomic E-state index is 12.8. The minimum atomic E-state index is -0.580. The van der Waals surface area contributed by atoms with Gasteiger partial charge in [-0.2, -0.15) is 15.2 Å². The largest absolute Gasteiger partial charge is 0.462 e. The quantitative estimate of drug-likeness (QED) is 0.689. The fourth-order valence-electron chi connectivity index (χ4n) is 4.89. The van der Waals surface area contributed by atoms with Crippen LogP contribution in [0, 0.1) is 11.3 Å². The Morgan fingerprint density at radius 3 is 2.76 bits per heavy atom. The van der Waals surface area contributed by atoms with Gasteiger partial charge in [-0.3, -0.25) is 0 Å². The normalized spacial score (nSPS) is 23.4. The van der Waals surface area contributed by atoms with Crippen molar-refractivity contribution in [3.63, 3.8) is 0 Å². The van der Waals surface area contributed by atoms with Crippen molar-refractivity contribution in [3.8, 4) is 12.1 Å². The summed E-state index contributed by atoms with van der Waals surface area (Å²) in [5.74, 6) is 0.869. The molecule has 0 bridgehead atoms. The molecular formula is C24H37N7O3. The van der Waals surface area contributed by atoms with E-state index in [2.05, 4.69) is 28.2 Å². The molecule has 4 heterocycles. The van der Waals surface area contributed by atoms with Crippen LogP contribution in [0.25, 0.3) is 0 Å². The van der Waals surface area contributed by atoms with Crippen molar-refractivity contribution in [2.45, 2.75) is 70.7 Å². The van der Waals surface area contributed by atoms with E-state index in [-0.39, 0.29) is 18.6 Å². The maximum atomic E-state index is 12.8. The summed E-state index contributed by atoms with van der Waals surface area (Å²) in [6.07, 6.45) is 3.02. The number of fused-ring (bicyclic) bond motifs is 1. The second-order valence-corrected chi connectivity index (χ2v) is 10.4. The molecule has 3 aliphatic rings. The van der Waals surface area contributed by atoms with Crippen LogP contribution in [0.2, 0.25) is 0 Å². The lowest BCUT2D eigenvalue weighted by atomic mass is 10.0. The molecule has 0 aliphatic carbocycles. The molecule has 186 valence electrons. The van der Waals surface area contributed by atoms with Gasteiger partial charge in [-0.05, 0) is 60.2 Å². The molecule has 2 atom stereocenters. The SMILES string of the molecule is CN1CCC[C@H]1COc1nc2c(c(N3CCN(C(=O)OC(C)(C)C)C(CC#N)C3)n1)CCNC2. The summed E-state index contributed by atoms with van der Waals surface area (Å²) in [7, 11) is 2.13. The molecule has 1 unspecified atom stereocenters. The zero-order chi connectivity index (χ0) is 24.3. The van der Waals surface area contributed by atoms with Crippen molar-refractivity contribution in [1.29, 1.82) is 5.26 Å². The van der Waals surface area contributed by atoms with Crippen LogP contribution in [0.4, 0.5) is 10.6 Å². The topological polar surface area (TPSA) is 107 Å². The van der Waals surface area contributed by atoms with Crippen LogP contribution >= 0.6 is 0 Å². The van der Waals surface area contributed by atoms with E-state index in [1.54, 1.807) is 4.90 Å². The van der Waals surface area contributed by atoms with Crippen molar-refractivity contribution < 1.29 is 14.3 Å². The average molecular weight is 472 g/mol. The van der Waals surface area contributed by atoms with Crippen LogP contribution in [0.1, 0.15) is 51.3 Å². The van der Waals surface area contributed by atoms with Crippen molar-refractivity contribution in [2.24, 2.45) is 0 Å². The van der Waals surface area contributed by atoms with Gasteiger partial charge in [0, 0.05) is 37.8 Å². The van der Waals surface area contributed by atoms with Crippen LogP contribution in [-0.2, 0) is 17.7 Å². The van der Waals surface area contributed by atoms with Gasteiger partial charge in [0.15, 0.2) is 0 Å². The summed E-state index contributed by atoms with van der Waals surface area (Å²) < 4.78 is 11.7. The van der Waals surface area contributed by atoms with Crippen LogP contribution in [0.3, 0.4) is 0 Å². The first-order chi connectivity index (χ1) is 16.2. The van der Waals surface area contributed by atoms with Gasteiger partial charge in [0.25, 0.3) is 0 Å². The Bertz CT molecular complexity index is 926. The fraction of sp³-hybridized carbons (Fsp3) is 0.750. The number of hydrogen-bond acceptors (Lipinski definition) is 9. The number of carbonyl (C=O) groups is 1. The molecule has 10 nitrogen and oxygen atoms in total. The Balaban J connectivity index is 1.54. The van der Waals surface area contributed by atoms with E-state index in [4.69, 9.17) is 19.4 Å². The Morgan fingerprint density at radius 2 is 2.06 bits per heavy atom. The van der Waals surface area contributed by atoms with Crippen LogP contribution in [0.5, 0.6) is 6.01 Å². The molecule has 0 radical (unpaired) electrons. The molecule has 2 fully saturated rings. The van der Waals surface area contributed by atoms with E-state index in [1.807, 2.05) is 20.8 Å². The van der Waals surface area contributed by atoms with Gasteiger partial charge in [-0.15, -0.1) is 0 Å². The van der Waals surface area contributed by atoms with E-state index < -0.39 is 5.60 Å². The average Bonchev–Trinajstić information content (AvgIpc) is 3.20. The molecule has 2 saturated heterocycles. The number of anilines is 1. The number of amides is 1. The van der Waals surface area contributed by atoms with E-state index in [9.17, 15) is 10.1 Å². The molecule has 0 aromatic carbocycles. The Morgan fingerprint density at radius 1 is 1.24 bits per heavy atom. The molecule has 10 heteroatoms. The van der Waals surface area contributed by atoms with Crippen LogP contribution in [0.15, 0.2) is 0 Å². The summed E-state index contributed by atoms with van der Waals surface area (Å²) in [6.45, 7) is 10.4. The molecule has 3 aliphatic heterocycles. The summed E-state index contributed by atoms with van der Waals surface area (Å²) in [4.78, 5) is 28.5. The predicted octanol–water partition coefficient (Wildman–Crippen LogP) is 1.93. The molecule has 1 amide bonds. The van der Waals surface area contributed by atoms with Crippen molar-refractivity contribution in [3.05, 3.63) is 11.3 Å². The summed E-state index contributed by atoms with van der Waals surface area (Å²) in [5, 5.41) is 12.8. The second-order valence-electron chi connectivity index (χ2n) is 10.4. The first-order valence-corrected chi connectivity index (χ1v) is 12.3. The van der Waals surface area contributed by atoms with Crippen LogP contribution < -0.4 is 15.0 Å². The number of carbonyl (C=O) groups excluding carboxylic acids is 1. The summed E-state index contributed by atoms with van der Waals surface area (Å²) >= 11 is 0. The van der Waals surface area contributed by atoms with E-state index in [0.717, 1.165) is 43.0 Å². The van der Waals surface area contributed by atoms with E-state index in [0.29, 0.717) is 44.8 Å². The Hall–Kier alpha value is -2.64. The lowest BCUT2D eigenvalue weighted by molar-refractivity contribution is 0.0144. The highest BCUT2D eigenvalue weighted by Crippen LogP contribution is 2.29. The van der Waals surface area contributed by atoms with E-state index >= 15 is 0 Å². The minimum absolute atomic E-state index is 0.238. The third-order valence-corrected chi connectivity index (χ3v) is 6.71. The number of nitrogens with zero attached hydrogens (tertiary/aromatic N) is 6. The fourth-order valence-corrected chi connectivity index (χ4v) is 4.89. The molecule has 34 heavy (non-hydrogen) atoms. The number of hydrogen-bond donors (Lipinski definition) is 1. The molecule has 0 spiro atoms. The number of nitriles is 1. The van der Waals surface area contributed by atoms with Gasteiger partial charge in [0.2, 0.25) is 0 Å². The van der Waals surface area contributed by atoms with Gasteiger partial charge in [-0.25, -0.2) is 4.79 Å². The Kier molecular flexibility index (Phi) is 7.43. The van der Waals surface area contributed by atoms with E-state index in [1.165, 1.54) is 6.42 Å².